The molecule has 0 aliphatic heterocycles. The van der Waals surface area contributed by atoms with Crippen molar-refractivity contribution in [2.24, 2.45) is 0 Å². The van der Waals surface area contributed by atoms with Crippen LogP contribution in [0.4, 0.5) is 10.1 Å². The second kappa shape index (κ2) is 4.56. The van der Waals surface area contributed by atoms with E-state index in [0.717, 1.165) is 6.20 Å². The lowest BCUT2D eigenvalue weighted by Crippen LogP contribution is -1.92. The van der Waals surface area contributed by atoms with Crippen molar-refractivity contribution in [3.8, 4) is 11.6 Å². The molecule has 1 heterocycles. The van der Waals surface area contributed by atoms with Crippen molar-refractivity contribution in [2.45, 2.75) is 0 Å². The van der Waals surface area contributed by atoms with Crippen molar-refractivity contribution >= 4 is 5.69 Å². The van der Waals surface area contributed by atoms with Crippen LogP contribution in [0, 0.1) is 15.9 Å². The minimum Gasteiger partial charge on any atom is -0.436 e. The molecular formula is C11H7FN2O3. The first-order valence-electron chi connectivity index (χ1n) is 4.69. The number of halogens is 1. The molecule has 0 unspecified atom stereocenters. The van der Waals surface area contributed by atoms with Gasteiger partial charge in [0.1, 0.15) is 6.20 Å². The summed E-state index contributed by atoms with van der Waals surface area (Å²) in [4.78, 5) is 13.5. The molecule has 0 radical (unpaired) electrons. The van der Waals surface area contributed by atoms with Gasteiger partial charge in [0.2, 0.25) is 5.88 Å². The van der Waals surface area contributed by atoms with Crippen molar-refractivity contribution < 1.29 is 14.1 Å². The van der Waals surface area contributed by atoms with Gasteiger partial charge in [-0.3, -0.25) is 10.1 Å². The molecule has 0 N–H and O–H groups in total. The molecule has 0 spiro atoms. The summed E-state index contributed by atoms with van der Waals surface area (Å²) < 4.78 is 18.4. The minimum absolute atomic E-state index is 0.0221. The Kier molecular flexibility index (Phi) is 2.95. The highest BCUT2D eigenvalue weighted by atomic mass is 19.1. The highest BCUT2D eigenvalue weighted by Crippen LogP contribution is 2.23. The standard InChI is InChI=1S/C11H7FN2O3/c12-9-3-1-2-4-10(9)17-11-6-5-8(7-13-11)14(15)16/h1-7H. The van der Waals surface area contributed by atoms with Crippen LogP contribution in [0.3, 0.4) is 0 Å². The van der Waals surface area contributed by atoms with E-state index in [9.17, 15) is 14.5 Å². The highest BCUT2D eigenvalue weighted by molar-refractivity contribution is 5.32. The minimum atomic E-state index is -0.570. The fourth-order valence-electron chi connectivity index (χ4n) is 1.18. The number of benzene rings is 1. The molecule has 0 amide bonds. The number of aromatic nitrogens is 1. The highest BCUT2D eigenvalue weighted by Gasteiger charge is 2.08. The van der Waals surface area contributed by atoms with Crippen LogP contribution in [0.5, 0.6) is 11.6 Å². The van der Waals surface area contributed by atoms with Gasteiger partial charge in [0, 0.05) is 12.1 Å². The third-order valence-corrected chi connectivity index (χ3v) is 1.98. The Hall–Kier alpha value is -2.50. The lowest BCUT2D eigenvalue weighted by atomic mass is 10.3. The van der Waals surface area contributed by atoms with Crippen molar-refractivity contribution in [1.29, 1.82) is 0 Å². The Bertz CT molecular complexity index is 543. The van der Waals surface area contributed by atoms with Crippen LogP contribution in [0.25, 0.3) is 0 Å². The summed E-state index contributed by atoms with van der Waals surface area (Å²) in [6.45, 7) is 0. The van der Waals surface area contributed by atoms with Crippen LogP contribution in [-0.4, -0.2) is 9.91 Å². The molecule has 17 heavy (non-hydrogen) atoms. The SMILES string of the molecule is O=[N+]([O-])c1ccc(Oc2ccccc2F)nc1. The molecule has 0 aliphatic carbocycles. The summed E-state index contributed by atoms with van der Waals surface area (Å²) >= 11 is 0. The molecule has 0 fully saturated rings. The van der Waals surface area contributed by atoms with E-state index in [2.05, 4.69) is 4.98 Å². The number of hydrogen-bond acceptors (Lipinski definition) is 4. The van der Waals surface area contributed by atoms with Crippen molar-refractivity contribution in [3.05, 3.63) is 58.5 Å². The van der Waals surface area contributed by atoms with Gasteiger partial charge in [-0.2, -0.15) is 0 Å². The number of pyridine rings is 1. The summed E-state index contributed by atoms with van der Waals surface area (Å²) in [5.41, 5.74) is -0.147. The first kappa shape index (κ1) is 11.0. The zero-order valence-corrected chi connectivity index (χ0v) is 8.54. The molecule has 0 atom stereocenters. The summed E-state index contributed by atoms with van der Waals surface area (Å²) in [5.74, 6) is -0.401. The first-order valence-corrected chi connectivity index (χ1v) is 4.69. The van der Waals surface area contributed by atoms with E-state index in [1.54, 1.807) is 6.07 Å². The third kappa shape index (κ3) is 2.54. The van der Waals surface area contributed by atoms with E-state index in [4.69, 9.17) is 4.74 Å². The second-order valence-corrected chi connectivity index (χ2v) is 3.14. The molecule has 2 rings (SSSR count). The van der Waals surface area contributed by atoms with Crippen molar-refractivity contribution in [2.75, 3.05) is 0 Å². The van der Waals surface area contributed by atoms with Crippen LogP contribution >= 0.6 is 0 Å². The number of nitro groups is 1. The quantitative estimate of drug-likeness (QED) is 0.605. The molecule has 86 valence electrons. The normalized spacial score (nSPS) is 9.94. The zero-order chi connectivity index (χ0) is 12.3. The number of hydrogen-bond donors (Lipinski definition) is 0. The smallest absolute Gasteiger partial charge is 0.287 e. The van der Waals surface area contributed by atoms with E-state index in [1.165, 1.54) is 30.3 Å². The van der Waals surface area contributed by atoms with Crippen molar-refractivity contribution in [1.82, 2.24) is 4.98 Å². The molecule has 1 aromatic carbocycles. The fourth-order valence-corrected chi connectivity index (χ4v) is 1.18. The Morgan fingerprint density at radius 2 is 2.00 bits per heavy atom. The van der Waals surface area contributed by atoms with Gasteiger partial charge >= 0.3 is 0 Å². The van der Waals surface area contributed by atoms with Crippen LogP contribution in [0.2, 0.25) is 0 Å². The van der Waals surface area contributed by atoms with E-state index in [0.29, 0.717) is 0 Å². The van der Waals surface area contributed by atoms with Gasteiger partial charge in [-0.05, 0) is 12.1 Å². The average Bonchev–Trinajstić information content (AvgIpc) is 2.33. The number of nitrogens with zero attached hydrogens (tertiary/aromatic N) is 2. The van der Waals surface area contributed by atoms with E-state index in [-0.39, 0.29) is 17.3 Å². The Morgan fingerprint density at radius 1 is 1.24 bits per heavy atom. The first-order chi connectivity index (χ1) is 8.16. The number of rotatable bonds is 3. The summed E-state index contributed by atoms with van der Waals surface area (Å²) in [6.07, 6.45) is 1.05. The largest absolute Gasteiger partial charge is 0.436 e. The van der Waals surface area contributed by atoms with Crippen LogP contribution in [0.1, 0.15) is 0 Å². The molecule has 5 nitrogen and oxygen atoms in total. The predicted molar refractivity (Wildman–Crippen MR) is 57.4 cm³/mol. The summed E-state index contributed by atoms with van der Waals surface area (Å²) in [7, 11) is 0. The van der Waals surface area contributed by atoms with Crippen LogP contribution in [-0.2, 0) is 0 Å². The fraction of sp³-hybridized carbons (Fsp3) is 0. The summed E-state index contributed by atoms with van der Waals surface area (Å²) in [6, 6.07) is 8.39. The van der Waals surface area contributed by atoms with Crippen molar-refractivity contribution in [3.63, 3.8) is 0 Å². The van der Waals surface area contributed by atoms with Crippen LogP contribution in [0.15, 0.2) is 42.6 Å². The van der Waals surface area contributed by atoms with Gasteiger partial charge in [-0.1, -0.05) is 12.1 Å². The third-order valence-electron chi connectivity index (χ3n) is 1.98. The maximum absolute atomic E-state index is 13.2. The van der Waals surface area contributed by atoms with Gasteiger partial charge in [-0.25, -0.2) is 9.37 Å². The zero-order valence-electron chi connectivity index (χ0n) is 8.54. The van der Waals surface area contributed by atoms with Gasteiger partial charge < -0.3 is 4.74 Å². The van der Waals surface area contributed by atoms with Gasteiger partial charge in [-0.15, -0.1) is 0 Å². The van der Waals surface area contributed by atoms with E-state index in [1.807, 2.05) is 0 Å². The van der Waals surface area contributed by atoms with Gasteiger partial charge in [0.05, 0.1) is 4.92 Å². The topological polar surface area (TPSA) is 65.3 Å². The maximum atomic E-state index is 13.2. The molecule has 0 saturated carbocycles. The lowest BCUT2D eigenvalue weighted by molar-refractivity contribution is -0.385. The Balaban J connectivity index is 2.20. The Morgan fingerprint density at radius 3 is 2.59 bits per heavy atom. The lowest BCUT2D eigenvalue weighted by Gasteiger charge is -2.04. The second-order valence-electron chi connectivity index (χ2n) is 3.14. The molecule has 0 aliphatic rings. The number of para-hydroxylation sites is 1. The van der Waals surface area contributed by atoms with E-state index >= 15 is 0 Å². The average molecular weight is 234 g/mol. The monoisotopic (exact) mass is 234 g/mol. The maximum Gasteiger partial charge on any atom is 0.287 e. The molecule has 6 heteroatoms. The van der Waals surface area contributed by atoms with E-state index < -0.39 is 10.7 Å². The van der Waals surface area contributed by atoms with Gasteiger partial charge in [0.25, 0.3) is 5.69 Å². The molecule has 1 aromatic heterocycles. The molecule has 0 saturated heterocycles. The molecular weight excluding hydrogens is 227 g/mol. The Labute approximate surface area is 95.6 Å². The molecule has 0 bridgehead atoms. The number of ether oxygens (including phenoxy) is 1. The molecule has 2 aromatic rings. The predicted octanol–water partition coefficient (Wildman–Crippen LogP) is 2.92. The van der Waals surface area contributed by atoms with Gasteiger partial charge in [0.15, 0.2) is 11.6 Å². The van der Waals surface area contributed by atoms with Crippen LogP contribution < -0.4 is 4.74 Å². The summed E-state index contributed by atoms with van der Waals surface area (Å²) in [5, 5.41) is 10.4.